The average molecular weight is 373 g/mol. The molecule has 0 spiro atoms. The summed E-state index contributed by atoms with van der Waals surface area (Å²) in [6.45, 7) is 2.11. The maximum atomic E-state index is 11.7. The van der Waals surface area contributed by atoms with E-state index < -0.39 is 10.1 Å². The van der Waals surface area contributed by atoms with Crippen LogP contribution < -0.4 is 56.1 Å². The van der Waals surface area contributed by atoms with Crippen LogP contribution in [0.25, 0.3) is 0 Å². The standard InChI is InChI=1S/C18H22O4S.K/c1-2-3-4-6-10-15-11-9-14-17(18(15)23(19,20)21)22-16-12-7-5-8-13-16;/h5,7-9,11-14H,2-4,6,10H2,1H3,(H,19,20,21);/q;+1/p-1. The Morgan fingerprint density at radius 2 is 1.67 bits per heavy atom. The second-order valence-corrected chi connectivity index (χ2v) is 6.74. The first-order valence-corrected chi connectivity index (χ1v) is 9.24. The van der Waals surface area contributed by atoms with Crippen molar-refractivity contribution in [3.8, 4) is 11.5 Å². The van der Waals surface area contributed by atoms with Gasteiger partial charge in [0, 0.05) is 0 Å². The van der Waals surface area contributed by atoms with Crippen molar-refractivity contribution in [1.82, 2.24) is 0 Å². The van der Waals surface area contributed by atoms with E-state index in [1.807, 2.05) is 6.07 Å². The Bertz CT molecular complexity index is 730. The Morgan fingerprint density at radius 3 is 2.29 bits per heavy atom. The van der Waals surface area contributed by atoms with E-state index in [2.05, 4.69) is 6.92 Å². The molecule has 0 aliphatic rings. The summed E-state index contributed by atoms with van der Waals surface area (Å²) in [7, 11) is -4.60. The van der Waals surface area contributed by atoms with Gasteiger partial charge in [-0.2, -0.15) is 0 Å². The van der Waals surface area contributed by atoms with Crippen molar-refractivity contribution in [2.45, 2.75) is 43.9 Å². The van der Waals surface area contributed by atoms with Crippen LogP contribution in [0.4, 0.5) is 0 Å². The van der Waals surface area contributed by atoms with E-state index in [1.165, 1.54) is 6.07 Å². The molecule has 0 atom stereocenters. The van der Waals surface area contributed by atoms with E-state index >= 15 is 0 Å². The van der Waals surface area contributed by atoms with Crippen molar-refractivity contribution in [2.24, 2.45) is 0 Å². The zero-order valence-corrected chi connectivity index (χ0v) is 18.1. The second kappa shape index (κ2) is 10.7. The minimum atomic E-state index is -4.60. The number of hydrogen-bond acceptors (Lipinski definition) is 4. The fraction of sp³-hybridized carbons (Fsp3) is 0.333. The molecule has 24 heavy (non-hydrogen) atoms. The van der Waals surface area contributed by atoms with Crippen LogP contribution in [0.5, 0.6) is 11.5 Å². The van der Waals surface area contributed by atoms with Gasteiger partial charge >= 0.3 is 51.4 Å². The van der Waals surface area contributed by atoms with E-state index in [0.717, 1.165) is 25.7 Å². The largest absolute Gasteiger partial charge is 1.00 e. The van der Waals surface area contributed by atoms with Gasteiger partial charge in [0.05, 0.1) is 0 Å². The summed E-state index contributed by atoms with van der Waals surface area (Å²) in [5.74, 6) is 0.597. The van der Waals surface area contributed by atoms with E-state index in [0.29, 0.717) is 17.7 Å². The molecule has 0 saturated carbocycles. The predicted molar refractivity (Wildman–Crippen MR) is 88.8 cm³/mol. The zero-order valence-electron chi connectivity index (χ0n) is 14.2. The van der Waals surface area contributed by atoms with Gasteiger partial charge < -0.3 is 9.29 Å². The average Bonchev–Trinajstić information content (AvgIpc) is 2.51. The van der Waals surface area contributed by atoms with Crippen LogP contribution in [0.15, 0.2) is 53.4 Å². The smallest absolute Gasteiger partial charge is 0.744 e. The molecule has 0 fully saturated rings. The van der Waals surface area contributed by atoms with Crippen molar-refractivity contribution < 1.29 is 69.1 Å². The van der Waals surface area contributed by atoms with E-state index in [4.69, 9.17) is 4.74 Å². The van der Waals surface area contributed by atoms with Crippen molar-refractivity contribution in [2.75, 3.05) is 0 Å². The summed E-state index contributed by atoms with van der Waals surface area (Å²) in [4.78, 5) is -0.236. The summed E-state index contributed by atoms with van der Waals surface area (Å²) in [5.41, 5.74) is 0.532. The second-order valence-electron chi connectivity index (χ2n) is 5.42. The fourth-order valence-corrected chi connectivity index (χ4v) is 3.33. The van der Waals surface area contributed by atoms with Crippen molar-refractivity contribution in [3.05, 3.63) is 54.1 Å². The minimum absolute atomic E-state index is 0. The first kappa shape index (κ1) is 21.8. The molecule has 0 amide bonds. The molecular weight excluding hydrogens is 351 g/mol. The van der Waals surface area contributed by atoms with Gasteiger partial charge in [-0.1, -0.05) is 56.5 Å². The van der Waals surface area contributed by atoms with Gasteiger partial charge in [0.15, 0.2) is 0 Å². The topological polar surface area (TPSA) is 66.4 Å². The zero-order chi connectivity index (χ0) is 16.7. The monoisotopic (exact) mass is 372 g/mol. The predicted octanol–water partition coefficient (Wildman–Crippen LogP) is 1.51. The van der Waals surface area contributed by atoms with Gasteiger partial charge in [-0.3, -0.25) is 0 Å². The summed E-state index contributed by atoms with van der Waals surface area (Å²) < 4.78 is 40.8. The molecule has 4 nitrogen and oxygen atoms in total. The molecule has 0 aliphatic heterocycles. The Morgan fingerprint density at radius 1 is 0.958 bits per heavy atom. The molecule has 2 aromatic rings. The van der Waals surface area contributed by atoms with Crippen LogP contribution in [0, 0.1) is 0 Å². The number of hydrogen-bond donors (Lipinski definition) is 0. The number of unbranched alkanes of at least 4 members (excludes halogenated alkanes) is 3. The Balaban J connectivity index is 0.00000288. The molecule has 0 aromatic heterocycles. The van der Waals surface area contributed by atoms with E-state index in [9.17, 15) is 13.0 Å². The summed E-state index contributed by atoms with van der Waals surface area (Å²) >= 11 is 0. The number of benzene rings is 2. The van der Waals surface area contributed by atoms with Crippen LogP contribution >= 0.6 is 0 Å². The third kappa shape index (κ3) is 6.59. The van der Waals surface area contributed by atoms with Gasteiger partial charge in [0.25, 0.3) is 0 Å². The third-order valence-electron chi connectivity index (χ3n) is 3.58. The molecule has 6 heteroatoms. The van der Waals surface area contributed by atoms with Crippen molar-refractivity contribution in [1.29, 1.82) is 0 Å². The molecule has 0 aliphatic carbocycles. The maximum absolute atomic E-state index is 11.7. The quantitative estimate of drug-likeness (QED) is 0.400. The van der Waals surface area contributed by atoms with Crippen LogP contribution in [0.2, 0.25) is 0 Å². The third-order valence-corrected chi connectivity index (χ3v) is 4.54. The first-order chi connectivity index (χ1) is 11.0. The molecule has 0 radical (unpaired) electrons. The molecule has 0 heterocycles. The van der Waals surface area contributed by atoms with Crippen LogP contribution in [0.1, 0.15) is 38.2 Å². The van der Waals surface area contributed by atoms with Gasteiger partial charge in [0.2, 0.25) is 0 Å². The van der Waals surface area contributed by atoms with Crippen LogP contribution in [-0.4, -0.2) is 13.0 Å². The van der Waals surface area contributed by atoms with E-state index in [-0.39, 0.29) is 62.0 Å². The molecule has 0 N–H and O–H groups in total. The Kier molecular flexibility index (Phi) is 9.74. The van der Waals surface area contributed by atoms with Crippen LogP contribution in [0.3, 0.4) is 0 Å². The molecule has 0 saturated heterocycles. The maximum Gasteiger partial charge on any atom is 1.00 e. The van der Waals surface area contributed by atoms with Gasteiger partial charge in [0.1, 0.15) is 26.5 Å². The molecule has 2 aromatic carbocycles. The number of ether oxygens (including phenoxy) is 1. The fourth-order valence-electron chi connectivity index (χ4n) is 2.48. The SMILES string of the molecule is CCCCCCc1cccc(Oc2ccccc2)c1S(=O)(=O)[O-].[K+]. The van der Waals surface area contributed by atoms with Gasteiger partial charge in [-0.25, -0.2) is 8.42 Å². The van der Waals surface area contributed by atoms with E-state index in [1.54, 1.807) is 36.4 Å². The first-order valence-electron chi connectivity index (χ1n) is 7.83. The number of aryl methyl sites for hydroxylation is 1. The van der Waals surface area contributed by atoms with Gasteiger partial charge in [-0.05, 0) is 36.6 Å². The normalized spacial score (nSPS) is 10.9. The van der Waals surface area contributed by atoms with Crippen molar-refractivity contribution >= 4 is 10.1 Å². The van der Waals surface area contributed by atoms with Crippen molar-refractivity contribution in [3.63, 3.8) is 0 Å². The number of rotatable bonds is 8. The summed E-state index contributed by atoms with van der Waals surface area (Å²) in [6, 6.07) is 13.8. The minimum Gasteiger partial charge on any atom is -0.744 e. The Hall–Kier alpha value is -0.214. The Labute approximate surface area is 186 Å². The molecule has 2 rings (SSSR count). The molecule has 124 valence electrons. The summed E-state index contributed by atoms with van der Waals surface area (Å²) in [5, 5.41) is 0. The number of para-hydroxylation sites is 1. The molecule has 0 bridgehead atoms. The summed E-state index contributed by atoms with van der Waals surface area (Å²) in [6.07, 6.45) is 4.62. The van der Waals surface area contributed by atoms with Gasteiger partial charge in [-0.15, -0.1) is 0 Å². The molecule has 0 unspecified atom stereocenters. The molecular formula is C18H21KO4S. The van der Waals surface area contributed by atoms with Crippen LogP contribution in [-0.2, 0) is 16.5 Å².